The van der Waals surface area contributed by atoms with Crippen LogP contribution in [0.2, 0.25) is 0 Å². The molecule has 3 atom stereocenters. The van der Waals surface area contributed by atoms with Crippen molar-refractivity contribution in [1.82, 2.24) is 4.90 Å². The first-order valence-electron chi connectivity index (χ1n) is 4.25. The first-order valence-corrected chi connectivity index (χ1v) is 4.25. The molecule has 1 N–H and O–H groups in total. The maximum absolute atomic E-state index is 9.37. The van der Waals surface area contributed by atoms with Gasteiger partial charge in [-0.15, -0.1) is 0 Å². The Labute approximate surface area is 61.8 Å². The highest BCUT2D eigenvalue weighted by Crippen LogP contribution is 2.25. The smallest absolute Gasteiger partial charge is 0.0670 e. The largest absolute Gasteiger partial charge is 0.392 e. The third-order valence-corrected chi connectivity index (χ3v) is 2.68. The lowest BCUT2D eigenvalue weighted by Crippen LogP contribution is -2.46. The van der Waals surface area contributed by atoms with Gasteiger partial charge in [-0.05, 0) is 31.7 Å². The molecule has 0 aliphatic carbocycles. The average Bonchev–Trinajstić information content (AvgIpc) is 1.85. The van der Waals surface area contributed by atoms with Crippen LogP contribution in [0.5, 0.6) is 0 Å². The maximum Gasteiger partial charge on any atom is 0.0670 e. The molecular formula is C8H15NO. The zero-order valence-corrected chi connectivity index (χ0v) is 6.29. The van der Waals surface area contributed by atoms with Gasteiger partial charge < -0.3 is 10.0 Å². The molecule has 2 aliphatic heterocycles. The molecule has 0 aromatic heterocycles. The number of hydrogen-bond donors (Lipinski definition) is 1. The summed E-state index contributed by atoms with van der Waals surface area (Å²) in [4.78, 5) is 2.39. The molecule has 2 saturated heterocycles. The van der Waals surface area contributed by atoms with E-state index in [0.717, 1.165) is 18.9 Å². The van der Waals surface area contributed by atoms with E-state index in [0.29, 0.717) is 0 Å². The highest BCUT2D eigenvalue weighted by Gasteiger charge is 2.28. The van der Waals surface area contributed by atoms with Crippen LogP contribution in [0.3, 0.4) is 0 Å². The molecule has 2 fully saturated rings. The first kappa shape index (κ1) is 6.62. The van der Waals surface area contributed by atoms with Crippen molar-refractivity contribution in [3.8, 4) is 0 Å². The number of rotatable bonds is 0. The Morgan fingerprint density at radius 1 is 1.30 bits per heavy atom. The van der Waals surface area contributed by atoms with Gasteiger partial charge in [-0.1, -0.05) is 0 Å². The minimum Gasteiger partial charge on any atom is -0.392 e. The highest BCUT2D eigenvalue weighted by atomic mass is 16.3. The molecule has 0 amide bonds. The van der Waals surface area contributed by atoms with E-state index in [1.165, 1.54) is 25.9 Å². The number of piperidine rings is 2. The predicted molar refractivity (Wildman–Crippen MR) is 39.8 cm³/mol. The minimum absolute atomic E-state index is 0.0287. The second-order valence-electron chi connectivity index (χ2n) is 3.66. The summed E-state index contributed by atoms with van der Waals surface area (Å²) in [5.41, 5.74) is 0. The van der Waals surface area contributed by atoms with Crippen LogP contribution in [0.25, 0.3) is 0 Å². The van der Waals surface area contributed by atoms with Crippen LogP contribution in [0.1, 0.15) is 19.3 Å². The second kappa shape index (κ2) is 2.51. The van der Waals surface area contributed by atoms with Crippen LogP contribution in [-0.2, 0) is 0 Å². The zero-order chi connectivity index (χ0) is 6.97. The summed E-state index contributed by atoms with van der Waals surface area (Å²) in [7, 11) is 0. The van der Waals surface area contributed by atoms with Gasteiger partial charge in [-0.3, -0.25) is 0 Å². The van der Waals surface area contributed by atoms with E-state index in [2.05, 4.69) is 4.90 Å². The molecule has 2 bridgehead atoms. The third kappa shape index (κ3) is 1.18. The molecule has 10 heavy (non-hydrogen) atoms. The Kier molecular flexibility index (Phi) is 1.66. The lowest BCUT2D eigenvalue weighted by atomic mass is 9.88. The molecule has 0 aromatic carbocycles. The quantitative estimate of drug-likeness (QED) is 0.530. The second-order valence-corrected chi connectivity index (χ2v) is 3.66. The fourth-order valence-corrected chi connectivity index (χ4v) is 2.27. The normalized spacial score (nSPS) is 47.1. The van der Waals surface area contributed by atoms with Gasteiger partial charge in [0.05, 0.1) is 6.10 Å². The van der Waals surface area contributed by atoms with Crippen LogP contribution in [0.4, 0.5) is 0 Å². The topological polar surface area (TPSA) is 23.5 Å². The monoisotopic (exact) mass is 141 g/mol. The fraction of sp³-hybridized carbons (Fsp3) is 1.00. The number of fused-ring (bicyclic) bond motifs is 2. The van der Waals surface area contributed by atoms with E-state index in [4.69, 9.17) is 0 Å². The van der Waals surface area contributed by atoms with E-state index in [1.54, 1.807) is 0 Å². The fourth-order valence-electron chi connectivity index (χ4n) is 2.27. The summed E-state index contributed by atoms with van der Waals surface area (Å²) in [5, 5.41) is 9.37. The van der Waals surface area contributed by atoms with Crippen molar-refractivity contribution in [1.29, 1.82) is 0 Å². The Hall–Kier alpha value is -0.0800. The number of aliphatic hydroxyl groups excluding tert-OH is 1. The van der Waals surface area contributed by atoms with Crippen molar-refractivity contribution >= 4 is 0 Å². The number of aliphatic hydroxyl groups is 1. The molecule has 2 heteroatoms. The van der Waals surface area contributed by atoms with E-state index in [9.17, 15) is 5.11 Å². The minimum atomic E-state index is -0.0287. The first-order chi connectivity index (χ1) is 4.84. The SMILES string of the molecule is O[C@@H]1C[C@@H]2CCCN(C1)C2. The summed E-state index contributed by atoms with van der Waals surface area (Å²) >= 11 is 0. The van der Waals surface area contributed by atoms with E-state index < -0.39 is 0 Å². The average molecular weight is 141 g/mol. The van der Waals surface area contributed by atoms with E-state index in [-0.39, 0.29) is 6.10 Å². The Morgan fingerprint density at radius 3 is 3.00 bits per heavy atom. The van der Waals surface area contributed by atoms with Crippen LogP contribution in [0, 0.1) is 5.92 Å². The van der Waals surface area contributed by atoms with Gasteiger partial charge in [0.15, 0.2) is 0 Å². The Morgan fingerprint density at radius 2 is 2.20 bits per heavy atom. The van der Waals surface area contributed by atoms with Crippen molar-refractivity contribution < 1.29 is 5.11 Å². The van der Waals surface area contributed by atoms with Gasteiger partial charge in [0.1, 0.15) is 0 Å². The van der Waals surface area contributed by atoms with E-state index in [1.807, 2.05) is 0 Å². The van der Waals surface area contributed by atoms with Crippen molar-refractivity contribution in [2.45, 2.75) is 25.4 Å². The lowest BCUT2D eigenvalue weighted by molar-refractivity contribution is 0.0161. The summed E-state index contributed by atoms with van der Waals surface area (Å²) in [6, 6.07) is 0. The summed E-state index contributed by atoms with van der Waals surface area (Å²) < 4.78 is 0. The molecule has 0 spiro atoms. The van der Waals surface area contributed by atoms with Crippen molar-refractivity contribution in [3.63, 3.8) is 0 Å². The van der Waals surface area contributed by atoms with Crippen LogP contribution < -0.4 is 0 Å². The maximum atomic E-state index is 9.37. The van der Waals surface area contributed by atoms with Gasteiger partial charge in [0, 0.05) is 13.1 Å². The summed E-state index contributed by atoms with van der Waals surface area (Å²) in [5.74, 6) is 0.803. The van der Waals surface area contributed by atoms with Crippen molar-refractivity contribution in [2.24, 2.45) is 5.92 Å². The zero-order valence-electron chi connectivity index (χ0n) is 6.29. The van der Waals surface area contributed by atoms with Crippen molar-refractivity contribution in [3.05, 3.63) is 0 Å². The summed E-state index contributed by atoms with van der Waals surface area (Å²) in [6.45, 7) is 3.39. The predicted octanol–water partition coefficient (Wildman–Crippen LogP) is 0.463. The van der Waals surface area contributed by atoms with Gasteiger partial charge in [0.25, 0.3) is 0 Å². The Bertz CT molecular complexity index is 110. The molecule has 58 valence electrons. The van der Waals surface area contributed by atoms with Gasteiger partial charge in [-0.2, -0.15) is 0 Å². The molecular weight excluding hydrogens is 126 g/mol. The van der Waals surface area contributed by atoms with Gasteiger partial charge >= 0.3 is 0 Å². The molecule has 2 aliphatic rings. The molecule has 0 radical (unpaired) electrons. The summed E-state index contributed by atoms with van der Waals surface area (Å²) in [6.07, 6.45) is 3.71. The highest BCUT2D eigenvalue weighted by molar-refractivity contribution is 4.82. The number of hydrogen-bond acceptors (Lipinski definition) is 2. The third-order valence-electron chi connectivity index (χ3n) is 2.68. The lowest BCUT2D eigenvalue weighted by Gasteiger charge is -2.39. The van der Waals surface area contributed by atoms with Crippen LogP contribution >= 0.6 is 0 Å². The van der Waals surface area contributed by atoms with Crippen molar-refractivity contribution in [2.75, 3.05) is 19.6 Å². The van der Waals surface area contributed by atoms with E-state index >= 15 is 0 Å². The van der Waals surface area contributed by atoms with Crippen LogP contribution in [-0.4, -0.2) is 35.7 Å². The van der Waals surface area contributed by atoms with Crippen LogP contribution in [0.15, 0.2) is 0 Å². The molecule has 0 aromatic rings. The molecule has 0 saturated carbocycles. The molecule has 2 rings (SSSR count). The Balaban J connectivity index is 1.98. The molecule has 2 nitrogen and oxygen atoms in total. The molecule has 2 heterocycles. The standard InChI is InChI=1S/C8H15NO/c10-8-4-7-2-1-3-9(5-7)6-8/h7-8,10H,1-6H2/t7-,8+/m0/s1. The number of nitrogens with zero attached hydrogens (tertiary/aromatic N) is 1. The van der Waals surface area contributed by atoms with Gasteiger partial charge in [-0.25, -0.2) is 0 Å². The van der Waals surface area contributed by atoms with Gasteiger partial charge in [0.2, 0.25) is 0 Å². The molecule has 1 unspecified atom stereocenters.